The molecule has 0 aliphatic carbocycles. The van der Waals surface area contributed by atoms with Crippen LogP contribution in [0.2, 0.25) is 0 Å². The molecule has 4 atom stereocenters. The Bertz CT molecular complexity index is 711. The maximum atomic E-state index is 10.0. The first kappa shape index (κ1) is 13.5. The smallest absolute Gasteiger partial charge is 0.167 e. The van der Waals surface area contributed by atoms with Crippen LogP contribution in [0.15, 0.2) is 17.8 Å². The molecule has 0 amide bonds. The third kappa shape index (κ3) is 2.04. The van der Waals surface area contributed by atoms with Crippen LogP contribution in [0, 0.1) is 0 Å². The Hall–Kier alpha value is -2.46. The van der Waals surface area contributed by atoms with Crippen molar-refractivity contribution in [2.75, 3.05) is 12.3 Å². The second-order valence-electron chi connectivity index (χ2n) is 4.52. The van der Waals surface area contributed by atoms with Crippen molar-refractivity contribution in [2.45, 2.75) is 24.5 Å². The van der Waals surface area contributed by atoms with Crippen molar-refractivity contribution >= 4 is 17.0 Å². The number of rotatable bonds is 3. The largest absolute Gasteiger partial charge is 0.394 e. The molecule has 0 aromatic carbocycles. The van der Waals surface area contributed by atoms with Gasteiger partial charge in [0.05, 0.1) is 19.0 Å². The van der Waals surface area contributed by atoms with E-state index in [1.54, 1.807) is 0 Å². The van der Waals surface area contributed by atoms with Gasteiger partial charge in [-0.25, -0.2) is 15.0 Å². The molecule has 3 heterocycles. The zero-order valence-electron chi connectivity index (χ0n) is 10.7. The summed E-state index contributed by atoms with van der Waals surface area (Å²) >= 11 is 0. The predicted octanol–water partition coefficient (Wildman–Crippen LogP) is -0.662. The summed E-state index contributed by atoms with van der Waals surface area (Å²) < 4.78 is 7.03. The van der Waals surface area contributed by atoms with Crippen molar-refractivity contribution in [2.24, 2.45) is 5.11 Å². The first-order chi connectivity index (χ1) is 10.2. The fourth-order valence-electron chi connectivity index (χ4n) is 2.35. The van der Waals surface area contributed by atoms with E-state index in [1.165, 1.54) is 17.2 Å². The zero-order valence-corrected chi connectivity index (χ0v) is 10.7. The van der Waals surface area contributed by atoms with Gasteiger partial charge in [-0.15, -0.1) is 0 Å². The summed E-state index contributed by atoms with van der Waals surface area (Å²) in [5, 5.41) is 22.8. The number of nitrogens with zero attached hydrogens (tertiary/aromatic N) is 7. The van der Waals surface area contributed by atoms with Gasteiger partial charge in [-0.2, -0.15) is 0 Å². The fraction of sp³-hybridized carbons (Fsp3) is 0.500. The first-order valence-electron chi connectivity index (χ1n) is 6.09. The molecular weight excluding hydrogens is 280 g/mol. The minimum Gasteiger partial charge on any atom is -0.394 e. The fourth-order valence-corrected chi connectivity index (χ4v) is 2.35. The lowest BCUT2D eigenvalue weighted by atomic mass is 10.1. The molecule has 11 heteroatoms. The highest BCUT2D eigenvalue weighted by atomic mass is 16.5. The van der Waals surface area contributed by atoms with Crippen molar-refractivity contribution < 1.29 is 14.9 Å². The normalized spacial score (nSPS) is 28.7. The third-order valence-corrected chi connectivity index (χ3v) is 3.36. The molecule has 0 radical (unpaired) electrons. The Morgan fingerprint density at radius 3 is 3.00 bits per heavy atom. The topological polar surface area (TPSA) is 168 Å². The summed E-state index contributed by atoms with van der Waals surface area (Å²) in [5.74, 6) is 0.205. The molecule has 21 heavy (non-hydrogen) atoms. The van der Waals surface area contributed by atoms with E-state index in [9.17, 15) is 10.2 Å². The summed E-state index contributed by atoms with van der Waals surface area (Å²) in [6.07, 6.45) is -0.151. The molecule has 0 bridgehead atoms. The van der Waals surface area contributed by atoms with E-state index in [4.69, 9.17) is 16.0 Å². The van der Waals surface area contributed by atoms with Crippen molar-refractivity contribution in [1.82, 2.24) is 19.5 Å². The summed E-state index contributed by atoms with van der Waals surface area (Å²) in [6, 6.07) is -0.916. The van der Waals surface area contributed by atoms with Crippen LogP contribution in [0.3, 0.4) is 0 Å². The Morgan fingerprint density at radius 1 is 1.48 bits per heavy atom. The lowest BCUT2D eigenvalue weighted by molar-refractivity contribution is -0.0437. The van der Waals surface area contributed by atoms with Crippen LogP contribution in [0.4, 0.5) is 5.82 Å². The van der Waals surface area contributed by atoms with Gasteiger partial charge in [0.1, 0.15) is 30.2 Å². The number of nitrogens with two attached hydrogens (primary N) is 1. The number of hydrogen-bond acceptors (Lipinski definition) is 8. The molecule has 0 saturated carbocycles. The van der Waals surface area contributed by atoms with E-state index in [0.29, 0.717) is 11.2 Å². The van der Waals surface area contributed by atoms with E-state index >= 15 is 0 Å². The molecule has 1 aliphatic heterocycles. The molecule has 4 N–H and O–H groups in total. The highest BCUT2D eigenvalue weighted by Gasteiger charge is 2.44. The van der Waals surface area contributed by atoms with Crippen LogP contribution in [0.1, 0.15) is 6.23 Å². The van der Waals surface area contributed by atoms with Gasteiger partial charge in [-0.3, -0.25) is 4.57 Å². The molecule has 2 aromatic rings. The molecule has 1 unspecified atom stereocenters. The Balaban J connectivity index is 2.08. The number of aromatic nitrogens is 4. The van der Waals surface area contributed by atoms with Crippen molar-refractivity contribution in [3.63, 3.8) is 0 Å². The van der Waals surface area contributed by atoms with Crippen LogP contribution in [-0.4, -0.2) is 54.6 Å². The number of aliphatic hydroxyl groups excluding tert-OH is 2. The maximum Gasteiger partial charge on any atom is 0.167 e. The number of ether oxygens (including phenoxy) is 1. The monoisotopic (exact) mass is 292 g/mol. The van der Waals surface area contributed by atoms with Crippen LogP contribution >= 0.6 is 0 Å². The maximum absolute atomic E-state index is 10.0. The molecule has 11 nitrogen and oxygen atoms in total. The van der Waals surface area contributed by atoms with Crippen LogP contribution in [0.25, 0.3) is 21.6 Å². The van der Waals surface area contributed by atoms with Gasteiger partial charge in [-0.1, -0.05) is 5.11 Å². The van der Waals surface area contributed by atoms with Gasteiger partial charge >= 0.3 is 0 Å². The van der Waals surface area contributed by atoms with Gasteiger partial charge in [-0.05, 0) is 5.53 Å². The number of aliphatic hydroxyl groups is 2. The van der Waals surface area contributed by atoms with E-state index in [1.807, 2.05) is 0 Å². The number of nitrogen functional groups attached to an aromatic ring is 1. The van der Waals surface area contributed by atoms with E-state index in [0.717, 1.165) is 0 Å². The number of anilines is 1. The second-order valence-corrected chi connectivity index (χ2v) is 4.52. The molecule has 1 saturated heterocycles. The summed E-state index contributed by atoms with van der Waals surface area (Å²) in [5.41, 5.74) is 15.1. The van der Waals surface area contributed by atoms with Crippen molar-refractivity contribution in [3.05, 3.63) is 23.1 Å². The summed E-state index contributed by atoms with van der Waals surface area (Å²) in [7, 11) is 0. The van der Waals surface area contributed by atoms with Crippen molar-refractivity contribution in [3.8, 4) is 0 Å². The lowest BCUT2D eigenvalue weighted by Gasteiger charge is -2.16. The first-order valence-corrected chi connectivity index (χ1v) is 6.09. The molecule has 110 valence electrons. The highest BCUT2D eigenvalue weighted by molar-refractivity contribution is 5.81. The van der Waals surface area contributed by atoms with Gasteiger partial charge < -0.3 is 20.7 Å². The average molecular weight is 292 g/mol. The highest BCUT2D eigenvalue weighted by Crippen LogP contribution is 2.33. The van der Waals surface area contributed by atoms with E-state index in [-0.39, 0.29) is 5.82 Å². The third-order valence-electron chi connectivity index (χ3n) is 3.36. The molecule has 1 fully saturated rings. The standard InChI is InChI=1S/C10H12N8O3/c11-8-6-9(14-2-13-8)18(3-15-6)10-5(16-17-12)7(20)4(1-19)21-10/h2-5,7,10,19-20H,1H2,(H2,11,13,14)/t4-,5?,7-,10-/m1/s1. The van der Waals surface area contributed by atoms with Gasteiger partial charge in [0, 0.05) is 4.91 Å². The van der Waals surface area contributed by atoms with Crippen LogP contribution in [0.5, 0.6) is 0 Å². The number of fused-ring (bicyclic) bond motifs is 1. The molecule has 2 aromatic heterocycles. The Labute approximate surface area is 117 Å². The minimum atomic E-state index is -1.13. The average Bonchev–Trinajstić information content (AvgIpc) is 3.03. The van der Waals surface area contributed by atoms with Crippen molar-refractivity contribution in [1.29, 1.82) is 0 Å². The number of imidazole rings is 1. The van der Waals surface area contributed by atoms with Gasteiger partial charge in [0.25, 0.3) is 0 Å². The molecular formula is C10H12N8O3. The number of hydrogen-bond donors (Lipinski definition) is 3. The van der Waals surface area contributed by atoms with E-state index < -0.39 is 31.1 Å². The minimum absolute atomic E-state index is 0.205. The molecule has 3 rings (SSSR count). The lowest BCUT2D eigenvalue weighted by Crippen LogP contribution is -2.31. The Kier molecular flexibility index (Phi) is 3.31. The Morgan fingerprint density at radius 2 is 2.29 bits per heavy atom. The van der Waals surface area contributed by atoms with Crippen LogP contribution < -0.4 is 5.73 Å². The summed E-state index contributed by atoms with van der Waals surface area (Å²) in [6.45, 7) is -0.404. The quantitative estimate of drug-likeness (QED) is 0.383. The summed E-state index contributed by atoms with van der Waals surface area (Å²) in [4.78, 5) is 14.7. The van der Waals surface area contributed by atoms with Gasteiger partial charge in [0.15, 0.2) is 11.5 Å². The molecule has 1 aliphatic rings. The van der Waals surface area contributed by atoms with E-state index in [2.05, 4.69) is 25.0 Å². The SMILES string of the molecule is [N-]=[N+]=NC1[C@H](n2cnc3c(N)ncnc32)O[C@H](CO)[C@H]1O. The van der Waals surface area contributed by atoms with Crippen LogP contribution in [-0.2, 0) is 4.74 Å². The zero-order chi connectivity index (χ0) is 15.0. The second kappa shape index (κ2) is 5.14. The van der Waals surface area contributed by atoms with Gasteiger partial charge in [0.2, 0.25) is 0 Å². The number of azide groups is 1. The predicted molar refractivity (Wildman–Crippen MR) is 69.7 cm³/mol. The molecule has 0 spiro atoms.